The lowest BCUT2D eigenvalue weighted by Crippen LogP contribution is -2.18. The van der Waals surface area contributed by atoms with Gasteiger partial charge in [-0.05, 0) is 19.1 Å². The molecular formula is C10H12N4O2. The van der Waals surface area contributed by atoms with E-state index in [2.05, 4.69) is 15.0 Å². The number of anilines is 1. The first-order valence-electron chi connectivity index (χ1n) is 4.66. The number of rotatable bonds is 4. The number of aryl methyl sites for hydroxylation is 1. The summed E-state index contributed by atoms with van der Waals surface area (Å²) in [6.45, 7) is 2.35. The summed E-state index contributed by atoms with van der Waals surface area (Å²) in [6, 6.07) is 5.34. The van der Waals surface area contributed by atoms with Crippen molar-refractivity contribution in [3.05, 3.63) is 23.4 Å². The molecule has 0 aromatic carbocycles. The molecule has 1 aromatic heterocycles. The summed E-state index contributed by atoms with van der Waals surface area (Å²) in [5, 5.41) is 11.7. The number of carbonyl (C=O) groups is 1. The summed E-state index contributed by atoms with van der Waals surface area (Å²) in [4.78, 5) is 14.4. The Labute approximate surface area is 93.0 Å². The van der Waals surface area contributed by atoms with Gasteiger partial charge in [-0.25, -0.2) is 9.78 Å². The van der Waals surface area contributed by atoms with Crippen LogP contribution < -0.4 is 11.1 Å². The van der Waals surface area contributed by atoms with E-state index >= 15 is 0 Å². The van der Waals surface area contributed by atoms with Crippen molar-refractivity contribution in [2.45, 2.75) is 6.92 Å². The molecule has 0 saturated heterocycles. The van der Waals surface area contributed by atoms with E-state index in [9.17, 15) is 4.79 Å². The molecule has 1 amide bonds. The zero-order valence-electron chi connectivity index (χ0n) is 8.86. The minimum atomic E-state index is -0.809. The van der Waals surface area contributed by atoms with Crippen molar-refractivity contribution in [1.82, 2.24) is 4.98 Å². The van der Waals surface area contributed by atoms with Gasteiger partial charge in [0.25, 0.3) is 0 Å². The third-order valence-electron chi connectivity index (χ3n) is 1.74. The highest BCUT2D eigenvalue weighted by Gasteiger charge is 1.99. The van der Waals surface area contributed by atoms with Crippen LogP contribution in [0.25, 0.3) is 0 Å². The minimum absolute atomic E-state index is 0.160. The van der Waals surface area contributed by atoms with Crippen molar-refractivity contribution in [2.75, 3.05) is 18.5 Å². The molecule has 6 heteroatoms. The lowest BCUT2D eigenvalue weighted by molar-refractivity contribution is 0.161. The predicted octanol–water partition coefficient (Wildman–Crippen LogP) is 0.769. The number of carbonyl (C=O) groups excluding carboxylic acids is 1. The number of nitrogens with zero attached hydrogens (tertiary/aromatic N) is 2. The van der Waals surface area contributed by atoms with Gasteiger partial charge in [0, 0.05) is 5.69 Å². The van der Waals surface area contributed by atoms with Gasteiger partial charge in [0.05, 0.1) is 18.2 Å². The smallest absolute Gasteiger partial charge is 0.404 e. The molecule has 0 aliphatic carbocycles. The van der Waals surface area contributed by atoms with E-state index in [1.54, 1.807) is 19.1 Å². The SMILES string of the molecule is Cc1cc(C#N)cc(NCCOC(N)=O)n1. The Hall–Kier alpha value is -2.29. The zero-order chi connectivity index (χ0) is 12.0. The zero-order valence-corrected chi connectivity index (χ0v) is 8.86. The van der Waals surface area contributed by atoms with Crippen molar-refractivity contribution in [3.63, 3.8) is 0 Å². The third kappa shape index (κ3) is 3.84. The fourth-order valence-corrected chi connectivity index (χ4v) is 1.15. The summed E-state index contributed by atoms with van der Waals surface area (Å²) in [5.41, 5.74) is 6.07. The summed E-state index contributed by atoms with van der Waals surface area (Å²) in [7, 11) is 0. The van der Waals surface area contributed by atoms with E-state index in [0.29, 0.717) is 17.9 Å². The minimum Gasteiger partial charge on any atom is -0.448 e. The summed E-state index contributed by atoms with van der Waals surface area (Å²) < 4.78 is 4.53. The highest BCUT2D eigenvalue weighted by atomic mass is 16.5. The Morgan fingerprint density at radius 3 is 3.06 bits per heavy atom. The maximum Gasteiger partial charge on any atom is 0.404 e. The number of aromatic nitrogens is 1. The van der Waals surface area contributed by atoms with Crippen LogP contribution in [0.4, 0.5) is 10.6 Å². The van der Waals surface area contributed by atoms with Gasteiger partial charge in [0.1, 0.15) is 12.4 Å². The average molecular weight is 220 g/mol. The molecule has 0 saturated carbocycles. The first-order valence-corrected chi connectivity index (χ1v) is 4.66. The van der Waals surface area contributed by atoms with E-state index in [0.717, 1.165) is 5.69 Å². The van der Waals surface area contributed by atoms with Crippen molar-refractivity contribution < 1.29 is 9.53 Å². The second kappa shape index (κ2) is 5.56. The first kappa shape index (κ1) is 11.8. The highest BCUT2D eigenvalue weighted by molar-refractivity contribution is 5.64. The van der Waals surface area contributed by atoms with Gasteiger partial charge >= 0.3 is 6.09 Å². The number of nitriles is 1. The number of ether oxygens (including phenoxy) is 1. The number of primary amides is 1. The van der Waals surface area contributed by atoms with E-state index in [-0.39, 0.29) is 6.61 Å². The molecule has 0 radical (unpaired) electrons. The van der Waals surface area contributed by atoms with Crippen LogP contribution in [0.15, 0.2) is 12.1 Å². The molecule has 0 aliphatic rings. The van der Waals surface area contributed by atoms with Crippen LogP contribution in [0.3, 0.4) is 0 Å². The molecule has 1 rings (SSSR count). The molecule has 0 spiro atoms. The molecule has 84 valence electrons. The van der Waals surface area contributed by atoms with Crippen LogP contribution >= 0.6 is 0 Å². The Kier molecular flexibility index (Phi) is 4.09. The van der Waals surface area contributed by atoms with E-state index < -0.39 is 6.09 Å². The molecule has 0 aliphatic heterocycles. The molecule has 1 heterocycles. The van der Waals surface area contributed by atoms with Crippen LogP contribution in [0.2, 0.25) is 0 Å². The molecule has 1 aromatic rings. The number of amides is 1. The Morgan fingerprint density at radius 1 is 1.69 bits per heavy atom. The monoisotopic (exact) mass is 220 g/mol. The summed E-state index contributed by atoms with van der Waals surface area (Å²) >= 11 is 0. The van der Waals surface area contributed by atoms with Gasteiger partial charge in [-0.2, -0.15) is 5.26 Å². The van der Waals surface area contributed by atoms with Gasteiger partial charge in [-0.1, -0.05) is 0 Å². The van der Waals surface area contributed by atoms with Gasteiger partial charge in [-0.15, -0.1) is 0 Å². The molecule has 0 atom stereocenters. The fourth-order valence-electron chi connectivity index (χ4n) is 1.15. The quantitative estimate of drug-likeness (QED) is 0.730. The van der Waals surface area contributed by atoms with Crippen molar-refractivity contribution in [1.29, 1.82) is 5.26 Å². The predicted molar refractivity (Wildman–Crippen MR) is 57.7 cm³/mol. The number of nitrogens with two attached hydrogens (primary N) is 1. The largest absolute Gasteiger partial charge is 0.448 e. The van der Waals surface area contributed by atoms with Gasteiger partial charge in [0.15, 0.2) is 0 Å². The number of hydrogen-bond donors (Lipinski definition) is 2. The van der Waals surface area contributed by atoms with Crippen LogP contribution in [0.1, 0.15) is 11.3 Å². The van der Waals surface area contributed by atoms with Gasteiger partial charge < -0.3 is 15.8 Å². The van der Waals surface area contributed by atoms with Crippen LogP contribution in [0, 0.1) is 18.3 Å². The number of pyridine rings is 1. The van der Waals surface area contributed by atoms with E-state index in [1.807, 2.05) is 6.07 Å². The second-order valence-electron chi connectivity index (χ2n) is 3.09. The summed E-state index contributed by atoms with van der Waals surface area (Å²) in [6.07, 6.45) is -0.809. The number of nitrogens with one attached hydrogen (secondary N) is 1. The van der Waals surface area contributed by atoms with Crippen molar-refractivity contribution in [3.8, 4) is 6.07 Å². The Balaban J connectivity index is 2.51. The lowest BCUT2D eigenvalue weighted by Gasteiger charge is -2.06. The van der Waals surface area contributed by atoms with E-state index in [1.165, 1.54) is 0 Å². The first-order chi connectivity index (χ1) is 7.61. The van der Waals surface area contributed by atoms with Crippen molar-refractivity contribution >= 4 is 11.9 Å². The molecule has 0 unspecified atom stereocenters. The van der Waals surface area contributed by atoms with Crippen LogP contribution in [-0.4, -0.2) is 24.2 Å². The maximum atomic E-state index is 10.3. The topological polar surface area (TPSA) is 101 Å². The Bertz CT molecular complexity index is 425. The normalized spacial score (nSPS) is 9.25. The average Bonchev–Trinajstić information content (AvgIpc) is 2.23. The summed E-state index contributed by atoms with van der Waals surface area (Å²) in [5.74, 6) is 0.574. The molecule has 0 fully saturated rings. The highest BCUT2D eigenvalue weighted by Crippen LogP contribution is 2.08. The van der Waals surface area contributed by atoms with E-state index in [4.69, 9.17) is 11.0 Å². The lowest BCUT2D eigenvalue weighted by atomic mass is 10.2. The molecule has 6 nitrogen and oxygen atoms in total. The molecular weight excluding hydrogens is 208 g/mol. The molecule has 0 bridgehead atoms. The number of hydrogen-bond acceptors (Lipinski definition) is 5. The van der Waals surface area contributed by atoms with Crippen LogP contribution in [0.5, 0.6) is 0 Å². The molecule has 3 N–H and O–H groups in total. The second-order valence-corrected chi connectivity index (χ2v) is 3.09. The van der Waals surface area contributed by atoms with Crippen LogP contribution in [-0.2, 0) is 4.74 Å². The maximum absolute atomic E-state index is 10.3. The third-order valence-corrected chi connectivity index (χ3v) is 1.74. The Morgan fingerprint density at radius 2 is 2.44 bits per heavy atom. The van der Waals surface area contributed by atoms with Crippen molar-refractivity contribution in [2.24, 2.45) is 5.73 Å². The van der Waals surface area contributed by atoms with Gasteiger partial charge in [-0.3, -0.25) is 0 Å². The van der Waals surface area contributed by atoms with Gasteiger partial charge in [0.2, 0.25) is 0 Å². The standard InChI is InChI=1S/C10H12N4O2/c1-7-4-8(6-11)5-9(14-7)13-2-3-16-10(12)15/h4-5H,2-3H2,1H3,(H2,12,15)(H,13,14). The fraction of sp³-hybridized carbons (Fsp3) is 0.300. The molecule has 16 heavy (non-hydrogen) atoms.